The number of alkyl halides is 1. The van der Waals surface area contributed by atoms with Crippen LogP contribution >= 0.6 is 15.9 Å². The molecule has 4 aliphatic heterocycles. The van der Waals surface area contributed by atoms with Gasteiger partial charge in [-0.3, -0.25) is 0 Å². The Bertz CT molecular complexity index is 919. The van der Waals surface area contributed by atoms with Crippen LogP contribution < -0.4 is 0 Å². The minimum Gasteiger partial charge on any atom is -0.486 e. The standard InChI is InChI=1S/C30H51BrO8/c1-25(2,34)21-12-15-27(5,37-21)20(33)11-17-30(35,18-32)24-9-8-22-28(6,38-24)16-13-23(36-22)29(7)14-10-19(31)26(3,4)39-29/h9,19-23,32-35H,8,10-18H2,1-7H3/t19-,20+,21-,22-,23-,27-,28+,29+,30-/m1/s1. The molecule has 0 spiro atoms. The van der Waals surface area contributed by atoms with Gasteiger partial charge in [-0.05, 0) is 112 Å². The van der Waals surface area contributed by atoms with E-state index in [0.717, 1.165) is 25.7 Å². The highest BCUT2D eigenvalue weighted by atomic mass is 79.9. The zero-order chi connectivity index (χ0) is 29.1. The zero-order valence-electron chi connectivity index (χ0n) is 24.8. The third-order valence-electron chi connectivity index (χ3n) is 9.96. The molecule has 0 aromatic rings. The van der Waals surface area contributed by atoms with Crippen LogP contribution in [0, 0.1) is 0 Å². The van der Waals surface area contributed by atoms with E-state index in [4.69, 9.17) is 18.9 Å². The van der Waals surface area contributed by atoms with Crippen molar-refractivity contribution >= 4 is 15.9 Å². The van der Waals surface area contributed by atoms with E-state index in [1.54, 1.807) is 13.8 Å². The molecule has 8 nitrogen and oxygen atoms in total. The maximum atomic E-state index is 11.5. The zero-order valence-corrected chi connectivity index (χ0v) is 26.4. The lowest BCUT2D eigenvalue weighted by molar-refractivity contribution is -0.269. The highest BCUT2D eigenvalue weighted by molar-refractivity contribution is 9.09. The highest BCUT2D eigenvalue weighted by Gasteiger charge is 2.55. The summed E-state index contributed by atoms with van der Waals surface area (Å²) in [5.74, 6) is 0.341. The summed E-state index contributed by atoms with van der Waals surface area (Å²) in [6.07, 6.45) is 5.93. The van der Waals surface area contributed by atoms with Gasteiger partial charge in [-0.1, -0.05) is 15.9 Å². The second-order valence-electron chi connectivity index (χ2n) is 14.3. The summed E-state index contributed by atoms with van der Waals surface area (Å²) < 4.78 is 25.8. The van der Waals surface area contributed by atoms with E-state index in [2.05, 4.69) is 36.7 Å². The first-order valence-electron chi connectivity index (χ1n) is 14.7. The van der Waals surface area contributed by atoms with Gasteiger partial charge in [0.15, 0.2) is 0 Å². The first-order chi connectivity index (χ1) is 17.9. The maximum Gasteiger partial charge on any atom is 0.144 e. The van der Waals surface area contributed by atoms with Crippen LogP contribution in [0.2, 0.25) is 0 Å². The summed E-state index contributed by atoms with van der Waals surface area (Å²) in [7, 11) is 0. The van der Waals surface area contributed by atoms with Crippen LogP contribution in [0.15, 0.2) is 11.8 Å². The molecule has 9 heteroatoms. The van der Waals surface area contributed by atoms with E-state index in [1.165, 1.54) is 0 Å². The van der Waals surface area contributed by atoms with E-state index in [1.807, 2.05) is 19.9 Å². The predicted molar refractivity (Wildman–Crippen MR) is 152 cm³/mol. The summed E-state index contributed by atoms with van der Waals surface area (Å²) >= 11 is 3.76. The molecular weight excluding hydrogens is 568 g/mol. The quantitative estimate of drug-likeness (QED) is 0.298. The van der Waals surface area contributed by atoms with Gasteiger partial charge >= 0.3 is 0 Å². The first kappa shape index (κ1) is 31.7. The molecule has 0 aromatic heterocycles. The third kappa shape index (κ3) is 6.26. The molecule has 39 heavy (non-hydrogen) atoms. The average Bonchev–Trinajstić information content (AvgIpc) is 3.27. The van der Waals surface area contributed by atoms with Gasteiger partial charge in [0.25, 0.3) is 0 Å². The Kier molecular flexibility index (Phi) is 8.75. The van der Waals surface area contributed by atoms with E-state index in [-0.39, 0.29) is 42.4 Å². The van der Waals surface area contributed by atoms with E-state index >= 15 is 0 Å². The molecule has 3 fully saturated rings. The SMILES string of the molecule is CC(C)(O)[C@H]1CC[C@](C)([C@@H](O)CC[C@@](O)(CO)C2=CC[C@H]3O[C@@H]([C@]4(C)CC[C@@H](Br)C(C)(C)O4)CC[C@]3(C)O2)O1. The number of aliphatic hydroxyl groups is 4. The molecule has 226 valence electrons. The van der Waals surface area contributed by atoms with Gasteiger partial charge in [0.1, 0.15) is 23.1 Å². The molecule has 4 aliphatic rings. The summed E-state index contributed by atoms with van der Waals surface area (Å²) in [6, 6.07) is 0. The van der Waals surface area contributed by atoms with Crippen molar-refractivity contribution in [1.82, 2.24) is 0 Å². The second kappa shape index (κ2) is 10.8. The second-order valence-corrected chi connectivity index (χ2v) is 15.4. The van der Waals surface area contributed by atoms with Crippen molar-refractivity contribution < 1.29 is 39.4 Å². The average molecular weight is 620 g/mol. The van der Waals surface area contributed by atoms with Gasteiger partial charge in [0.2, 0.25) is 0 Å². The third-order valence-corrected chi connectivity index (χ3v) is 11.5. The molecule has 0 radical (unpaired) electrons. The fraction of sp³-hybridized carbons (Fsp3) is 0.933. The van der Waals surface area contributed by atoms with Crippen LogP contribution in [-0.4, -0.2) is 89.9 Å². The lowest BCUT2D eigenvalue weighted by Crippen LogP contribution is -2.61. The lowest BCUT2D eigenvalue weighted by Gasteiger charge is -2.55. The molecule has 0 saturated carbocycles. The van der Waals surface area contributed by atoms with Crippen molar-refractivity contribution in [2.24, 2.45) is 0 Å². The first-order valence-corrected chi connectivity index (χ1v) is 15.6. The summed E-state index contributed by atoms with van der Waals surface area (Å²) in [5.41, 5.74) is -4.75. The van der Waals surface area contributed by atoms with Crippen molar-refractivity contribution in [3.05, 3.63) is 11.8 Å². The maximum absolute atomic E-state index is 11.5. The van der Waals surface area contributed by atoms with Crippen LogP contribution in [0.5, 0.6) is 0 Å². The minimum absolute atomic E-state index is 0.0554. The number of fused-ring (bicyclic) bond motifs is 1. The van der Waals surface area contributed by atoms with Crippen molar-refractivity contribution in [3.8, 4) is 0 Å². The van der Waals surface area contributed by atoms with Gasteiger partial charge in [0.05, 0.1) is 47.3 Å². The van der Waals surface area contributed by atoms with Crippen LogP contribution in [0.25, 0.3) is 0 Å². The molecule has 0 aromatic carbocycles. The number of rotatable bonds is 8. The Morgan fingerprint density at radius 1 is 1.00 bits per heavy atom. The fourth-order valence-corrected chi connectivity index (χ4v) is 7.24. The molecule has 4 rings (SSSR count). The normalized spacial score (nSPS) is 43.1. The van der Waals surface area contributed by atoms with Gasteiger partial charge in [0, 0.05) is 4.83 Å². The van der Waals surface area contributed by atoms with Gasteiger partial charge in [-0.15, -0.1) is 0 Å². The number of hydrogen-bond acceptors (Lipinski definition) is 8. The molecule has 9 atom stereocenters. The van der Waals surface area contributed by atoms with Crippen molar-refractivity contribution in [3.63, 3.8) is 0 Å². The van der Waals surface area contributed by atoms with Gasteiger partial charge in [-0.2, -0.15) is 0 Å². The molecule has 4 N–H and O–H groups in total. The molecule has 0 aliphatic carbocycles. The van der Waals surface area contributed by atoms with Crippen LogP contribution in [0.4, 0.5) is 0 Å². The topological polar surface area (TPSA) is 118 Å². The van der Waals surface area contributed by atoms with Crippen molar-refractivity contribution in [1.29, 1.82) is 0 Å². The smallest absolute Gasteiger partial charge is 0.144 e. The fourth-order valence-electron chi connectivity index (χ4n) is 6.92. The number of aliphatic hydroxyl groups excluding tert-OH is 2. The molecule has 0 bridgehead atoms. The number of hydrogen-bond donors (Lipinski definition) is 4. The Morgan fingerprint density at radius 2 is 1.67 bits per heavy atom. The van der Waals surface area contributed by atoms with E-state index < -0.39 is 35.1 Å². The van der Waals surface area contributed by atoms with Crippen molar-refractivity contribution in [2.75, 3.05) is 6.61 Å². The van der Waals surface area contributed by atoms with Gasteiger partial charge < -0.3 is 39.4 Å². The highest BCUT2D eigenvalue weighted by Crippen LogP contribution is 2.49. The Hall–Kier alpha value is -0.260. The Labute approximate surface area is 242 Å². The summed E-state index contributed by atoms with van der Waals surface area (Å²) in [5, 5.41) is 43.1. The number of ether oxygens (including phenoxy) is 4. The van der Waals surface area contributed by atoms with E-state index in [0.29, 0.717) is 29.8 Å². The predicted octanol–water partition coefficient (Wildman–Crippen LogP) is 4.28. The lowest BCUT2D eigenvalue weighted by atomic mass is 9.77. The summed E-state index contributed by atoms with van der Waals surface area (Å²) in [4.78, 5) is 0.302. The van der Waals surface area contributed by atoms with E-state index in [9.17, 15) is 20.4 Å². The van der Waals surface area contributed by atoms with Gasteiger partial charge in [-0.25, -0.2) is 0 Å². The molecule has 0 amide bonds. The Morgan fingerprint density at radius 3 is 2.26 bits per heavy atom. The van der Waals surface area contributed by atoms with Crippen LogP contribution in [0.1, 0.15) is 106 Å². The number of halogens is 1. The summed E-state index contributed by atoms with van der Waals surface area (Å²) in [6.45, 7) is 13.1. The van der Waals surface area contributed by atoms with Crippen LogP contribution in [-0.2, 0) is 18.9 Å². The van der Waals surface area contributed by atoms with Crippen LogP contribution in [0.3, 0.4) is 0 Å². The molecular formula is C30H51BrO8. The van der Waals surface area contributed by atoms with Crippen molar-refractivity contribution in [2.45, 2.75) is 169 Å². The largest absolute Gasteiger partial charge is 0.486 e. The monoisotopic (exact) mass is 618 g/mol. The molecule has 4 heterocycles. The minimum atomic E-state index is -1.62. The molecule has 3 saturated heterocycles. The Balaban J connectivity index is 1.40. The molecule has 0 unspecified atom stereocenters.